The van der Waals surface area contributed by atoms with Gasteiger partial charge in [0.05, 0.1) is 0 Å². The second kappa shape index (κ2) is 5.53. The Morgan fingerprint density at radius 3 is 2.60 bits per heavy atom. The van der Waals surface area contributed by atoms with Crippen molar-refractivity contribution < 1.29 is 13.2 Å². The van der Waals surface area contributed by atoms with E-state index in [-0.39, 0.29) is 6.42 Å². The van der Waals surface area contributed by atoms with E-state index in [1.807, 2.05) is 0 Å². The van der Waals surface area contributed by atoms with Crippen molar-refractivity contribution in [3.63, 3.8) is 0 Å². The summed E-state index contributed by atoms with van der Waals surface area (Å²) in [4.78, 5) is 2.17. The maximum atomic E-state index is 12.0. The number of likely N-dealkylation sites (tertiary alicyclic amines) is 1. The zero-order chi connectivity index (χ0) is 11.5. The van der Waals surface area contributed by atoms with E-state index in [2.05, 4.69) is 27.8 Å². The Balaban J connectivity index is 2.27. The van der Waals surface area contributed by atoms with E-state index in [1.54, 1.807) is 0 Å². The summed E-state index contributed by atoms with van der Waals surface area (Å²) in [6.07, 6.45) is -3.34. The van der Waals surface area contributed by atoms with Crippen molar-refractivity contribution in [3.05, 3.63) is 0 Å². The molecular formula is C10H17BrF3N. The molecule has 0 N–H and O–H groups in total. The molecule has 1 aliphatic rings. The van der Waals surface area contributed by atoms with Crippen LogP contribution in [0.5, 0.6) is 0 Å². The minimum atomic E-state index is -4.00. The summed E-state index contributed by atoms with van der Waals surface area (Å²) in [5.74, 6) is 0.593. The Bertz CT molecular complexity index is 196. The number of rotatable bonds is 4. The van der Waals surface area contributed by atoms with Gasteiger partial charge in [-0.1, -0.05) is 22.9 Å². The monoisotopic (exact) mass is 287 g/mol. The van der Waals surface area contributed by atoms with Crippen LogP contribution in [0.2, 0.25) is 0 Å². The van der Waals surface area contributed by atoms with E-state index in [4.69, 9.17) is 0 Å². The van der Waals surface area contributed by atoms with Crippen LogP contribution in [0.25, 0.3) is 0 Å². The van der Waals surface area contributed by atoms with Gasteiger partial charge in [0.2, 0.25) is 0 Å². The first-order valence-corrected chi connectivity index (χ1v) is 6.43. The molecule has 5 heteroatoms. The Morgan fingerprint density at radius 1 is 1.40 bits per heavy atom. The molecule has 1 saturated heterocycles. The van der Waals surface area contributed by atoms with Gasteiger partial charge in [0.15, 0.2) is 0 Å². The van der Waals surface area contributed by atoms with E-state index >= 15 is 0 Å². The molecule has 90 valence electrons. The molecular weight excluding hydrogens is 271 g/mol. The molecule has 0 aromatic carbocycles. The van der Waals surface area contributed by atoms with E-state index in [1.165, 1.54) is 0 Å². The molecule has 1 rings (SSSR count). The van der Waals surface area contributed by atoms with Gasteiger partial charge in [0, 0.05) is 17.8 Å². The van der Waals surface area contributed by atoms with Crippen molar-refractivity contribution in [3.8, 4) is 0 Å². The van der Waals surface area contributed by atoms with E-state index in [0.717, 1.165) is 18.3 Å². The smallest absolute Gasteiger partial charge is 0.299 e. The average molecular weight is 288 g/mol. The zero-order valence-corrected chi connectivity index (χ0v) is 10.4. The summed E-state index contributed by atoms with van der Waals surface area (Å²) in [5.41, 5.74) is 0. The fraction of sp³-hybridized carbons (Fsp3) is 1.00. The predicted molar refractivity (Wildman–Crippen MR) is 58.2 cm³/mol. The third-order valence-electron chi connectivity index (χ3n) is 3.06. The molecule has 0 radical (unpaired) electrons. The molecule has 0 spiro atoms. The SMILES string of the molecule is CC1CCN(CCCC(F)(F)F)C1CBr. The molecule has 0 aromatic rings. The molecule has 15 heavy (non-hydrogen) atoms. The number of hydrogen-bond donors (Lipinski definition) is 0. The van der Waals surface area contributed by atoms with Crippen molar-refractivity contribution in [2.75, 3.05) is 18.4 Å². The lowest BCUT2D eigenvalue weighted by Crippen LogP contribution is -2.34. The molecule has 0 aromatic heterocycles. The standard InChI is InChI=1S/C10H17BrF3N/c1-8-3-6-15(9(8)7-11)5-2-4-10(12,13)14/h8-9H,2-7H2,1H3. The first kappa shape index (κ1) is 13.3. The van der Waals surface area contributed by atoms with E-state index < -0.39 is 12.6 Å². The minimum Gasteiger partial charge on any atom is -0.299 e. The zero-order valence-electron chi connectivity index (χ0n) is 8.86. The van der Waals surface area contributed by atoms with Gasteiger partial charge in [-0.3, -0.25) is 4.90 Å². The van der Waals surface area contributed by atoms with E-state index in [0.29, 0.717) is 18.5 Å². The van der Waals surface area contributed by atoms with Gasteiger partial charge in [0.25, 0.3) is 0 Å². The van der Waals surface area contributed by atoms with Crippen LogP contribution in [0.15, 0.2) is 0 Å². The number of hydrogen-bond acceptors (Lipinski definition) is 1. The van der Waals surface area contributed by atoms with Gasteiger partial charge in [-0.25, -0.2) is 0 Å². The molecule has 1 nitrogen and oxygen atoms in total. The highest BCUT2D eigenvalue weighted by Crippen LogP contribution is 2.27. The summed E-state index contributed by atoms with van der Waals surface area (Å²) < 4.78 is 35.9. The summed E-state index contributed by atoms with van der Waals surface area (Å²) >= 11 is 3.42. The van der Waals surface area contributed by atoms with Gasteiger partial charge >= 0.3 is 6.18 Å². The molecule has 0 aliphatic carbocycles. The van der Waals surface area contributed by atoms with Crippen molar-refractivity contribution in [1.82, 2.24) is 4.90 Å². The highest BCUT2D eigenvalue weighted by Gasteiger charge is 2.31. The van der Waals surface area contributed by atoms with Crippen molar-refractivity contribution >= 4 is 15.9 Å². The summed E-state index contributed by atoms with van der Waals surface area (Å²) in [5, 5.41) is 0.861. The fourth-order valence-electron chi connectivity index (χ4n) is 2.10. The summed E-state index contributed by atoms with van der Waals surface area (Å²) in [6, 6.07) is 0.415. The molecule has 1 heterocycles. The van der Waals surface area contributed by atoms with Crippen LogP contribution in [-0.2, 0) is 0 Å². The van der Waals surface area contributed by atoms with Crippen LogP contribution in [-0.4, -0.2) is 35.5 Å². The molecule has 1 fully saturated rings. The van der Waals surface area contributed by atoms with Gasteiger partial charge < -0.3 is 0 Å². The third kappa shape index (κ3) is 4.31. The highest BCUT2D eigenvalue weighted by molar-refractivity contribution is 9.09. The number of nitrogens with zero attached hydrogens (tertiary/aromatic N) is 1. The van der Waals surface area contributed by atoms with Crippen LogP contribution in [0.1, 0.15) is 26.2 Å². The quantitative estimate of drug-likeness (QED) is 0.716. The van der Waals surface area contributed by atoms with Crippen LogP contribution in [0, 0.1) is 5.92 Å². The maximum Gasteiger partial charge on any atom is 0.389 e. The van der Waals surface area contributed by atoms with Crippen LogP contribution >= 0.6 is 15.9 Å². The predicted octanol–water partition coefficient (Wildman–Crippen LogP) is 3.43. The maximum absolute atomic E-state index is 12.0. The van der Waals surface area contributed by atoms with Gasteiger partial charge in [-0.15, -0.1) is 0 Å². The third-order valence-corrected chi connectivity index (χ3v) is 3.72. The summed E-state index contributed by atoms with van der Waals surface area (Å²) in [7, 11) is 0. The average Bonchev–Trinajstić information content (AvgIpc) is 2.44. The Hall–Kier alpha value is 0.230. The van der Waals surface area contributed by atoms with Crippen molar-refractivity contribution in [2.24, 2.45) is 5.92 Å². The molecule has 1 aliphatic heterocycles. The Kier molecular flexibility index (Phi) is 4.90. The Morgan fingerprint density at radius 2 is 2.07 bits per heavy atom. The normalized spacial score (nSPS) is 28.6. The largest absolute Gasteiger partial charge is 0.389 e. The molecule has 0 amide bonds. The van der Waals surface area contributed by atoms with E-state index in [9.17, 15) is 13.2 Å². The first-order valence-electron chi connectivity index (χ1n) is 5.31. The van der Waals surface area contributed by atoms with Gasteiger partial charge in [-0.2, -0.15) is 13.2 Å². The topological polar surface area (TPSA) is 3.24 Å². The summed E-state index contributed by atoms with van der Waals surface area (Å²) in [6.45, 7) is 3.67. The lowest BCUT2D eigenvalue weighted by Gasteiger charge is -2.25. The minimum absolute atomic E-state index is 0.222. The van der Waals surface area contributed by atoms with Crippen LogP contribution < -0.4 is 0 Å². The first-order chi connectivity index (χ1) is 6.94. The van der Waals surface area contributed by atoms with Crippen LogP contribution in [0.3, 0.4) is 0 Å². The van der Waals surface area contributed by atoms with Crippen LogP contribution in [0.4, 0.5) is 13.2 Å². The van der Waals surface area contributed by atoms with Crippen molar-refractivity contribution in [1.29, 1.82) is 0 Å². The van der Waals surface area contributed by atoms with Crippen molar-refractivity contribution in [2.45, 2.75) is 38.4 Å². The Labute approximate surface area is 97.1 Å². The fourth-order valence-corrected chi connectivity index (χ4v) is 3.15. The number of halogens is 4. The molecule has 0 saturated carbocycles. The second-order valence-corrected chi connectivity index (χ2v) is 4.89. The van der Waals surface area contributed by atoms with Gasteiger partial charge in [-0.05, 0) is 31.8 Å². The molecule has 2 atom stereocenters. The number of alkyl halides is 4. The lowest BCUT2D eigenvalue weighted by atomic mass is 10.1. The van der Waals surface area contributed by atoms with Gasteiger partial charge in [0.1, 0.15) is 0 Å². The molecule has 0 bridgehead atoms. The lowest BCUT2D eigenvalue weighted by molar-refractivity contribution is -0.136. The molecule has 2 unspecified atom stereocenters. The second-order valence-electron chi connectivity index (χ2n) is 4.24. The highest BCUT2D eigenvalue weighted by atomic mass is 79.9.